The summed E-state index contributed by atoms with van der Waals surface area (Å²) in [5, 5.41) is 6.97. The van der Waals surface area contributed by atoms with Crippen molar-refractivity contribution in [1.82, 2.24) is 15.3 Å². The van der Waals surface area contributed by atoms with Crippen LogP contribution in [0.3, 0.4) is 0 Å². The molecule has 37 heavy (non-hydrogen) atoms. The van der Waals surface area contributed by atoms with E-state index in [0.717, 1.165) is 27.7 Å². The summed E-state index contributed by atoms with van der Waals surface area (Å²) in [4.78, 5) is 33.6. The van der Waals surface area contributed by atoms with Crippen LogP contribution in [0.1, 0.15) is 38.6 Å². The number of oxazole rings is 1. The van der Waals surface area contributed by atoms with Crippen molar-refractivity contribution in [1.29, 1.82) is 0 Å². The first-order chi connectivity index (χ1) is 17.9. The predicted molar refractivity (Wildman–Crippen MR) is 144 cm³/mol. The van der Waals surface area contributed by atoms with E-state index in [1.165, 1.54) is 0 Å². The molecule has 2 aromatic heterocycles. The van der Waals surface area contributed by atoms with Gasteiger partial charge in [0.25, 0.3) is 5.91 Å². The quantitative estimate of drug-likeness (QED) is 0.265. The molecule has 0 aliphatic rings. The Bertz CT molecular complexity index is 1600. The number of hydrogen-bond donors (Lipinski definition) is 3. The first kappa shape index (κ1) is 24.1. The Hall–Kier alpha value is -4.65. The Labute approximate surface area is 214 Å². The summed E-state index contributed by atoms with van der Waals surface area (Å²) >= 11 is 0. The topological polar surface area (TPSA) is 100 Å². The van der Waals surface area contributed by atoms with Crippen LogP contribution in [-0.4, -0.2) is 21.8 Å². The lowest BCUT2D eigenvalue weighted by atomic mass is 10.1. The molecule has 7 nitrogen and oxygen atoms in total. The number of benzene rings is 3. The van der Waals surface area contributed by atoms with Crippen LogP contribution in [-0.2, 0) is 17.8 Å². The van der Waals surface area contributed by atoms with Gasteiger partial charge in [-0.05, 0) is 50.1 Å². The third-order valence-corrected chi connectivity index (χ3v) is 6.54. The maximum absolute atomic E-state index is 13.0. The number of carbonyl (C=O) groups excluding carboxylic acids is 2. The maximum atomic E-state index is 13.0. The summed E-state index contributed by atoms with van der Waals surface area (Å²) in [6, 6.07) is 22.7. The summed E-state index contributed by atoms with van der Waals surface area (Å²) in [6.45, 7) is 6.07. The molecule has 5 aromatic rings. The summed E-state index contributed by atoms with van der Waals surface area (Å²) < 4.78 is 5.95. The zero-order valence-electron chi connectivity index (χ0n) is 21.0. The average molecular weight is 493 g/mol. The molecule has 0 aliphatic carbocycles. The van der Waals surface area contributed by atoms with Gasteiger partial charge in [-0.25, -0.2) is 4.98 Å². The molecule has 0 spiro atoms. The van der Waals surface area contributed by atoms with Crippen LogP contribution in [0.15, 0.2) is 77.2 Å². The number of amides is 2. The van der Waals surface area contributed by atoms with Crippen molar-refractivity contribution in [2.24, 2.45) is 0 Å². The van der Waals surface area contributed by atoms with Gasteiger partial charge in [-0.2, -0.15) is 0 Å². The molecule has 3 aromatic carbocycles. The van der Waals surface area contributed by atoms with Crippen LogP contribution in [0.2, 0.25) is 0 Å². The van der Waals surface area contributed by atoms with Crippen LogP contribution in [0, 0.1) is 20.8 Å². The lowest BCUT2D eigenvalue weighted by Crippen LogP contribution is -2.23. The molecular weight excluding hydrogens is 464 g/mol. The van der Waals surface area contributed by atoms with Crippen LogP contribution in [0.4, 0.5) is 5.69 Å². The van der Waals surface area contributed by atoms with Gasteiger partial charge in [0, 0.05) is 11.1 Å². The fourth-order valence-electron chi connectivity index (χ4n) is 4.39. The zero-order valence-corrected chi connectivity index (χ0v) is 21.0. The highest BCUT2D eigenvalue weighted by molar-refractivity contribution is 6.06. The standard InChI is InChI=1S/C30H28N4O3/c1-18-19(2)32-28-22(18)13-9-14-24(28)29(36)31-17-26-20(3)37-30(34-26)23-12-7-8-15-25(23)33-27(35)16-21-10-5-4-6-11-21/h4-15,32H,16-17H2,1-3H3,(H,31,36)(H,33,35). The number of nitrogens with one attached hydrogen (secondary N) is 3. The van der Waals surface area contributed by atoms with Gasteiger partial charge in [0.05, 0.1) is 35.3 Å². The summed E-state index contributed by atoms with van der Waals surface area (Å²) in [6.07, 6.45) is 0.268. The molecule has 7 heteroatoms. The maximum Gasteiger partial charge on any atom is 0.253 e. The van der Waals surface area contributed by atoms with Crippen LogP contribution in [0.25, 0.3) is 22.4 Å². The van der Waals surface area contributed by atoms with Crippen molar-refractivity contribution in [3.63, 3.8) is 0 Å². The van der Waals surface area contributed by atoms with Gasteiger partial charge in [-0.3, -0.25) is 9.59 Å². The van der Waals surface area contributed by atoms with E-state index in [-0.39, 0.29) is 24.8 Å². The number of para-hydroxylation sites is 2. The monoisotopic (exact) mass is 492 g/mol. The number of fused-ring (bicyclic) bond motifs is 1. The summed E-state index contributed by atoms with van der Waals surface area (Å²) in [5.41, 5.74) is 6.44. The van der Waals surface area contributed by atoms with E-state index < -0.39 is 0 Å². The van der Waals surface area contributed by atoms with Gasteiger partial charge in [0.15, 0.2) is 0 Å². The number of anilines is 1. The molecule has 0 bridgehead atoms. The molecule has 0 radical (unpaired) electrons. The molecule has 2 heterocycles. The van der Waals surface area contributed by atoms with E-state index in [1.807, 2.05) is 93.6 Å². The minimum atomic E-state index is -0.190. The second-order valence-corrected chi connectivity index (χ2v) is 9.06. The molecule has 0 saturated heterocycles. The molecule has 0 fully saturated rings. The fraction of sp³-hybridized carbons (Fsp3) is 0.167. The second-order valence-electron chi connectivity index (χ2n) is 9.06. The number of aryl methyl sites for hydroxylation is 3. The Kier molecular flexibility index (Phi) is 6.60. The molecule has 5 rings (SSSR count). The van der Waals surface area contributed by atoms with Gasteiger partial charge in [-0.15, -0.1) is 0 Å². The van der Waals surface area contributed by atoms with Crippen molar-refractivity contribution in [3.8, 4) is 11.5 Å². The van der Waals surface area contributed by atoms with E-state index in [0.29, 0.717) is 34.2 Å². The zero-order chi connectivity index (χ0) is 25.9. The van der Waals surface area contributed by atoms with Crippen LogP contribution in [0.5, 0.6) is 0 Å². The summed E-state index contributed by atoms with van der Waals surface area (Å²) in [5.74, 6) is 0.670. The minimum Gasteiger partial charge on any atom is -0.441 e. The largest absolute Gasteiger partial charge is 0.441 e. The van der Waals surface area contributed by atoms with Crippen molar-refractivity contribution in [2.75, 3.05) is 5.32 Å². The van der Waals surface area contributed by atoms with E-state index in [2.05, 4.69) is 20.6 Å². The molecule has 0 saturated carbocycles. The first-order valence-corrected chi connectivity index (χ1v) is 12.2. The molecule has 0 aliphatic heterocycles. The molecule has 0 atom stereocenters. The second kappa shape index (κ2) is 10.1. The Morgan fingerprint density at radius 2 is 1.68 bits per heavy atom. The van der Waals surface area contributed by atoms with Gasteiger partial charge >= 0.3 is 0 Å². The number of aromatic amines is 1. The number of hydrogen-bond acceptors (Lipinski definition) is 4. The third kappa shape index (κ3) is 5.02. The molecule has 0 unspecified atom stereocenters. The van der Waals surface area contributed by atoms with Crippen molar-refractivity contribution < 1.29 is 14.0 Å². The smallest absolute Gasteiger partial charge is 0.253 e. The Morgan fingerprint density at radius 1 is 0.919 bits per heavy atom. The van der Waals surface area contributed by atoms with E-state index in [4.69, 9.17) is 4.42 Å². The molecule has 2 amide bonds. The number of rotatable bonds is 7. The van der Waals surface area contributed by atoms with E-state index in [9.17, 15) is 9.59 Å². The fourth-order valence-corrected chi connectivity index (χ4v) is 4.39. The lowest BCUT2D eigenvalue weighted by molar-refractivity contribution is -0.115. The van der Waals surface area contributed by atoms with Crippen LogP contribution >= 0.6 is 0 Å². The third-order valence-electron chi connectivity index (χ3n) is 6.54. The van der Waals surface area contributed by atoms with Gasteiger partial charge in [-0.1, -0.05) is 54.6 Å². The normalized spacial score (nSPS) is 11.0. The minimum absolute atomic E-state index is 0.126. The van der Waals surface area contributed by atoms with Gasteiger partial charge < -0.3 is 20.0 Å². The van der Waals surface area contributed by atoms with Gasteiger partial charge in [0.1, 0.15) is 11.5 Å². The average Bonchev–Trinajstić information content (AvgIpc) is 3.41. The van der Waals surface area contributed by atoms with Crippen molar-refractivity contribution in [2.45, 2.75) is 33.7 Å². The number of nitrogens with zero attached hydrogens (tertiary/aromatic N) is 1. The lowest BCUT2D eigenvalue weighted by Gasteiger charge is -2.09. The van der Waals surface area contributed by atoms with Gasteiger partial charge in [0.2, 0.25) is 11.8 Å². The highest BCUT2D eigenvalue weighted by Gasteiger charge is 2.18. The predicted octanol–water partition coefficient (Wildman–Crippen LogP) is 5.86. The number of carbonyl (C=O) groups is 2. The highest BCUT2D eigenvalue weighted by atomic mass is 16.4. The van der Waals surface area contributed by atoms with Crippen molar-refractivity contribution >= 4 is 28.4 Å². The summed E-state index contributed by atoms with van der Waals surface area (Å²) in [7, 11) is 0. The Balaban J connectivity index is 1.32. The number of aromatic nitrogens is 2. The molecule has 3 N–H and O–H groups in total. The van der Waals surface area contributed by atoms with E-state index in [1.54, 1.807) is 0 Å². The number of H-pyrrole nitrogens is 1. The SMILES string of the molecule is Cc1[nH]c2c(C(=O)NCc3nc(-c4ccccc4NC(=O)Cc4ccccc4)oc3C)cccc2c1C. The molecule has 186 valence electrons. The first-order valence-electron chi connectivity index (χ1n) is 12.2. The van der Waals surface area contributed by atoms with Crippen molar-refractivity contribution in [3.05, 3.63) is 107 Å². The van der Waals surface area contributed by atoms with Crippen LogP contribution < -0.4 is 10.6 Å². The van der Waals surface area contributed by atoms with E-state index >= 15 is 0 Å². The molecular formula is C30H28N4O3. The Morgan fingerprint density at radius 3 is 2.49 bits per heavy atom. The highest BCUT2D eigenvalue weighted by Crippen LogP contribution is 2.29.